The summed E-state index contributed by atoms with van der Waals surface area (Å²) in [4.78, 5) is 2.62. The zero-order chi connectivity index (χ0) is 12.5. The smallest absolute Gasteiger partial charge is 0.0478 e. The zero-order valence-electron chi connectivity index (χ0n) is 11.7. The lowest BCUT2D eigenvalue weighted by Crippen LogP contribution is -2.45. The van der Waals surface area contributed by atoms with Crippen molar-refractivity contribution in [1.82, 2.24) is 4.90 Å². The first-order valence-electron chi connectivity index (χ1n) is 7.35. The Balaban J connectivity index is 2.35. The van der Waals surface area contributed by atoms with Crippen molar-refractivity contribution >= 4 is 0 Å². The van der Waals surface area contributed by atoms with Gasteiger partial charge in [-0.05, 0) is 45.2 Å². The van der Waals surface area contributed by atoms with E-state index in [-0.39, 0.29) is 0 Å². The number of nitrogens with zero attached hydrogens (tertiary/aromatic N) is 1. The first-order valence-corrected chi connectivity index (χ1v) is 7.35. The van der Waals surface area contributed by atoms with Gasteiger partial charge in [0.2, 0.25) is 0 Å². The molecule has 2 atom stereocenters. The third-order valence-corrected chi connectivity index (χ3v) is 3.99. The fourth-order valence-corrected chi connectivity index (χ4v) is 3.02. The maximum absolute atomic E-state index is 5.91. The predicted molar refractivity (Wildman–Crippen MR) is 73.2 cm³/mol. The summed E-state index contributed by atoms with van der Waals surface area (Å²) in [6.45, 7) is 9.22. The van der Waals surface area contributed by atoms with Gasteiger partial charge in [0.15, 0.2) is 0 Å². The van der Waals surface area contributed by atoms with Gasteiger partial charge in [-0.25, -0.2) is 0 Å². The first-order chi connectivity index (χ1) is 8.33. The summed E-state index contributed by atoms with van der Waals surface area (Å²) in [6, 6.07) is 0.723. The fourth-order valence-electron chi connectivity index (χ4n) is 3.02. The van der Waals surface area contributed by atoms with Crippen molar-refractivity contribution in [3.8, 4) is 0 Å². The maximum Gasteiger partial charge on any atom is 0.0478 e. The Kier molecular flexibility index (Phi) is 7.82. The van der Waals surface area contributed by atoms with E-state index in [0.29, 0.717) is 0 Å². The molecule has 0 bridgehead atoms. The van der Waals surface area contributed by atoms with Crippen LogP contribution >= 0.6 is 0 Å². The van der Waals surface area contributed by atoms with Crippen LogP contribution in [-0.2, 0) is 4.74 Å². The molecule has 2 N–H and O–H groups in total. The van der Waals surface area contributed by atoms with E-state index in [0.717, 1.165) is 51.2 Å². The molecule has 0 aliphatic heterocycles. The minimum Gasteiger partial charge on any atom is -0.382 e. The quantitative estimate of drug-likeness (QED) is 0.664. The number of hydrogen-bond donors (Lipinski definition) is 1. The Hall–Kier alpha value is -0.120. The summed E-state index contributed by atoms with van der Waals surface area (Å²) >= 11 is 0. The molecule has 102 valence electrons. The minimum absolute atomic E-state index is 0.718. The van der Waals surface area contributed by atoms with Crippen molar-refractivity contribution in [1.29, 1.82) is 0 Å². The van der Waals surface area contributed by atoms with Crippen LogP contribution in [0.5, 0.6) is 0 Å². The van der Waals surface area contributed by atoms with Crippen LogP contribution in [0.2, 0.25) is 0 Å². The molecule has 3 heteroatoms. The number of hydrogen-bond acceptors (Lipinski definition) is 3. The van der Waals surface area contributed by atoms with Gasteiger partial charge in [0.1, 0.15) is 0 Å². The summed E-state index contributed by atoms with van der Waals surface area (Å²) in [5.41, 5.74) is 5.91. The second-order valence-corrected chi connectivity index (χ2v) is 5.03. The molecule has 1 saturated carbocycles. The van der Waals surface area contributed by atoms with Gasteiger partial charge in [-0.3, -0.25) is 0 Å². The Labute approximate surface area is 107 Å². The van der Waals surface area contributed by atoms with E-state index in [1.54, 1.807) is 0 Å². The number of rotatable bonds is 8. The van der Waals surface area contributed by atoms with E-state index in [1.165, 1.54) is 25.7 Å². The second-order valence-electron chi connectivity index (χ2n) is 5.03. The Morgan fingerprint density at radius 1 is 1.24 bits per heavy atom. The lowest BCUT2D eigenvalue weighted by Gasteiger charge is -2.39. The minimum atomic E-state index is 0.718. The van der Waals surface area contributed by atoms with Gasteiger partial charge in [-0.1, -0.05) is 19.8 Å². The van der Waals surface area contributed by atoms with E-state index >= 15 is 0 Å². The van der Waals surface area contributed by atoms with Gasteiger partial charge in [0.25, 0.3) is 0 Å². The molecule has 1 aliphatic carbocycles. The molecule has 0 saturated heterocycles. The number of nitrogens with two attached hydrogens (primary N) is 1. The van der Waals surface area contributed by atoms with Gasteiger partial charge >= 0.3 is 0 Å². The summed E-state index contributed by atoms with van der Waals surface area (Å²) in [7, 11) is 0. The zero-order valence-corrected chi connectivity index (χ0v) is 11.7. The molecule has 0 aromatic heterocycles. The molecule has 1 aliphatic rings. The first kappa shape index (κ1) is 14.9. The normalized spacial score (nSPS) is 25.4. The monoisotopic (exact) mass is 242 g/mol. The van der Waals surface area contributed by atoms with Gasteiger partial charge < -0.3 is 15.4 Å². The predicted octanol–water partition coefficient (Wildman–Crippen LogP) is 2.25. The average Bonchev–Trinajstić information content (AvgIpc) is 2.39. The molecular weight excluding hydrogens is 212 g/mol. The maximum atomic E-state index is 5.91. The molecule has 0 amide bonds. The standard InChI is InChI=1S/C14H30N2O/c1-3-16(10-7-11-17-4-2)14-9-6-5-8-13(14)12-15/h13-14H,3-12,15H2,1-2H3. The van der Waals surface area contributed by atoms with E-state index in [1.807, 2.05) is 0 Å². The van der Waals surface area contributed by atoms with Crippen molar-refractivity contribution in [2.45, 2.75) is 52.0 Å². The molecule has 0 aromatic rings. The fraction of sp³-hybridized carbons (Fsp3) is 1.00. The molecule has 1 fully saturated rings. The summed E-state index contributed by atoms with van der Waals surface area (Å²) in [5.74, 6) is 0.718. The topological polar surface area (TPSA) is 38.5 Å². The van der Waals surface area contributed by atoms with Crippen molar-refractivity contribution in [2.75, 3.05) is 32.8 Å². The molecule has 1 rings (SSSR count). The lowest BCUT2D eigenvalue weighted by atomic mass is 9.83. The molecule has 0 radical (unpaired) electrons. The average molecular weight is 242 g/mol. The highest BCUT2D eigenvalue weighted by Crippen LogP contribution is 2.27. The molecular formula is C14H30N2O. The van der Waals surface area contributed by atoms with Crippen LogP contribution in [0.4, 0.5) is 0 Å². The SMILES string of the molecule is CCOCCCN(CC)C1CCCCC1CN. The highest BCUT2D eigenvalue weighted by molar-refractivity contribution is 4.83. The highest BCUT2D eigenvalue weighted by Gasteiger charge is 2.27. The van der Waals surface area contributed by atoms with Crippen LogP contribution in [0, 0.1) is 5.92 Å². The van der Waals surface area contributed by atoms with Crippen LogP contribution in [-0.4, -0.2) is 43.8 Å². The molecule has 0 heterocycles. The molecule has 0 spiro atoms. The molecule has 2 unspecified atom stereocenters. The number of ether oxygens (including phenoxy) is 1. The largest absolute Gasteiger partial charge is 0.382 e. The lowest BCUT2D eigenvalue weighted by molar-refractivity contribution is 0.0886. The van der Waals surface area contributed by atoms with Gasteiger partial charge in [-0.15, -0.1) is 0 Å². The Morgan fingerprint density at radius 2 is 2.00 bits per heavy atom. The van der Waals surface area contributed by atoms with E-state index in [2.05, 4.69) is 18.7 Å². The van der Waals surface area contributed by atoms with Crippen molar-refractivity contribution in [3.05, 3.63) is 0 Å². The van der Waals surface area contributed by atoms with Crippen molar-refractivity contribution in [3.63, 3.8) is 0 Å². The van der Waals surface area contributed by atoms with Gasteiger partial charge in [0, 0.05) is 25.8 Å². The molecule has 17 heavy (non-hydrogen) atoms. The summed E-state index contributed by atoms with van der Waals surface area (Å²) in [5, 5.41) is 0. The van der Waals surface area contributed by atoms with Gasteiger partial charge in [-0.2, -0.15) is 0 Å². The Bertz CT molecular complexity index is 187. The summed E-state index contributed by atoms with van der Waals surface area (Å²) < 4.78 is 5.42. The third kappa shape index (κ3) is 4.94. The van der Waals surface area contributed by atoms with Crippen LogP contribution in [0.25, 0.3) is 0 Å². The van der Waals surface area contributed by atoms with Crippen LogP contribution < -0.4 is 5.73 Å². The Morgan fingerprint density at radius 3 is 2.65 bits per heavy atom. The van der Waals surface area contributed by atoms with Crippen LogP contribution in [0.1, 0.15) is 46.0 Å². The van der Waals surface area contributed by atoms with E-state index in [9.17, 15) is 0 Å². The van der Waals surface area contributed by atoms with Crippen molar-refractivity contribution in [2.24, 2.45) is 11.7 Å². The third-order valence-electron chi connectivity index (χ3n) is 3.99. The second kappa shape index (κ2) is 8.90. The van der Waals surface area contributed by atoms with Crippen LogP contribution in [0.3, 0.4) is 0 Å². The van der Waals surface area contributed by atoms with Crippen molar-refractivity contribution < 1.29 is 4.74 Å². The van der Waals surface area contributed by atoms with Gasteiger partial charge in [0.05, 0.1) is 0 Å². The highest BCUT2D eigenvalue weighted by atomic mass is 16.5. The molecule has 3 nitrogen and oxygen atoms in total. The van der Waals surface area contributed by atoms with Crippen LogP contribution in [0.15, 0.2) is 0 Å². The molecule has 0 aromatic carbocycles. The van der Waals surface area contributed by atoms with E-state index < -0.39 is 0 Å². The van der Waals surface area contributed by atoms with E-state index in [4.69, 9.17) is 10.5 Å². The summed E-state index contributed by atoms with van der Waals surface area (Å²) in [6.07, 6.45) is 6.56.